The molecule has 15 heteroatoms. The minimum atomic E-state index is -1.24. The number of carbonyl (C=O) groups excluding carboxylic acids is 7. The molecule has 2 heterocycles. The first-order chi connectivity index (χ1) is 32.4. The van der Waals surface area contributed by atoms with Crippen molar-refractivity contribution in [1.29, 1.82) is 0 Å². The van der Waals surface area contributed by atoms with Crippen molar-refractivity contribution in [2.45, 2.75) is 214 Å². The van der Waals surface area contributed by atoms with Crippen LogP contribution in [0.4, 0.5) is 4.79 Å². The van der Waals surface area contributed by atoms with Gasteiger partial charge in [-0.1, -0.05) is 73.0 Å². The minimum Gasteiger partial charge on any atom is -0.461 e. The van der Waals surface area contributed by atoms with E-state index in [9.17, 15) is 33.6 Å². The molecule has 0 aromatic rings. The zero-order valence-corrected chi connectivity index (χ0v) is 43.8. The summed E-state index contributed by atoms with van der Waals surface area (Å²) in [5.41, 5.74) is 6.65. The van der Waals surface area contributed by atoms with Gasteiger partial charge in [0.25, 0.3) is 0 Å². The van der Waals surface area contributed by atoms with E-state index in [-0.39, 0.29) is 49.8 Å². The fourth-order valence-electron chi connectivity index (χ4n) is 13.9. The number of esters is 1. The average molecular weight is 965 g/mol. The zero-order chi connectivity index (χ0) is 50.6. The second kappa shape index (κ2) is 22.5. The van der Waals surface area contributed by atoms with Gasteiger partial charge in [0.2, 0.25) is 29.5 Å². The number of nitrogens with one attached hydrogen (secondary N) is 3. The van der Waals surface area contributed by atoms with Gasteiger partial charge in [-0.05, 0) is 156 Å². The Morgan fingerprint density at radius 2 is 1.46 bits per heavy atom. The second-order valence-corrected chi connectivity index (χ2v) is 24.3. The summed E-state index contributed by atoms with van der Waals surface area (Å²) >= 11 is 0. The van der Waals surface area contributed by atoms with Crippen molar-refractivity contribution < 1.29 is 43.0 Å². The molecule has 3 saturated carbocycles. The van der Waals surface area contributed by atoms with Crippen molar-refractivity contribution >= 4 is 41.6 Å². The predicted octanol–water partition coefficient (Wildman–Crippen LogP) is 7.34. The van der Waals surface area contributed by atoms with Crippen LogP contribution in [0.3, 0.4) is 0 Å². The maximum absolute atomic E-state index is 14.3. The van der Waals surface area contributed by atoms with Gasteiger partial charge in [-0.25, -0.2) is 4.79 Å². The molecule has 0 spiro atoms. The highest BCUT2D eigenvalue weighted by atomic mass is 16.6. The molecule has 2 saturated heterocycles. The zero-order valence-electron chi connectivity index (χ0n) is 43.8. The van der Waals surface area contributed by atoms with Crippen LogP contribution in [0.5, 0.6) is 0 Å². The molecule has 0 aromatic carbocycles. The molecule has 0 unspecified atom stereocenters. The number of carbonyl (C=O) groups is 7. The third-order valence-corrected chi connectivity index (χ3v) is 17.4. The summed E-state index contributed by atoms with van der Waals surface area (Å²) < 4.78 is 11.6. The molecule has 15 nitrogen and oxygen atoms in total. The lowest BCUT2D eigenvalue weighted by Crippen LogP contribution is -2.58. The molecule has 6 aliphatic rings. The summed E-state index contributed by atoms with van der Waals surface area (Å²) in [5.74, 6) is 1.08. The van der Waals surface area contributed by atoms with Crippen LogP contribution in [0.25, 0.3) is 0 Å². The first kappa shape index (κ1) is 54.2. The fourth-order valence-corrected chi connectivity index (χ4v) is 13.9. The SMILES string of the molecule is CC(C)CC[C@@H](C)[C@H]1CC[C@H]2[C@@H]3CC=C4C[C@H](OC(=O)CNC(=O)[C@@H]5CCCN5C(=O)[C@H](CC(C)C)NC(=O)[C@H](CCC(N)=O)NC(=O)[C@@H]5CCCN5C(=O)OC(C)(C)C)CC[C@]4(C)[C@H]3CC[C@]12C. The second-order valence-electron chi connectivity index (χ2n) is 24.3. The van der Waals surface area contributed by atoms with Crippen molar-refractivity contribution in [2.75, 3.05) is 19.6 Å². The average Bonchev–Trinajstić information content (AvgIpc) is 4.04. The number of hydrogen-bond acceptors (Lipinski definition) is 9. The Labute approximate surface area is 412 Å². The Kier molecular flexibility index (Phi) is 17.7. The van der Waals surface area contributed by atoms with E-state index in [1.807, 2.05) is 13.8 Å². The molecular formula is C54H88N6O9. The molecule has 388 valence electrons. The van der Waals surface area contributed by atoms with Crippen LogP contribution < -0.4 is 21.7 Å². The van der Waals surface area contributed by atoms with Crippen LogP contribution >= 0.6 is 0 Å². The Hall–Kier alpha value is -4.17. The summed E-state index contributed by atoms with van der Waals surface area (Å²) in [6.45, 7) is 21.6. The van der Waals surface area contributed by atoms with E-state index in [1.165, 1.54) is 53.9 Å². The number of fused-ring (bicyclic) bond motifs is 5. The quantitative estimate of drug-likeness (QED) is 0.0800. The molecule has 2 aliphatic heterocycles. The van der Waals surface area contributed by atoms with Gasteiger partial charge in [0.1, 0.15) is 42.4 Å². The molecule has 69 heavy (non-hydrogen) atoms. The van der Waals surface area contributed by atoms with Gasteiger partial charge >= 0.3 is 12.1 Å². The highest BCUT2D eigenvalue weighted by molar-refractivity contribution is 5.96. The van der Waals surface area contributed by atoms with E-state index in [2.05, 4.69) is 56.6 Å². The summed E-state index contributed by atoms with van der Waals surface area (Å²) in [5, 5.41) is 8.28. The van der Waals surface area contributed by atoms with Gasteiger partial charge in [-0.15, -0.1) is 0 Å². The van der Waals surface area contributed by atoms with Crippen molar-refractivity contribution in [3.05, 3.63) is 11.6 Å². The van der Waals surface area contributed by atoms with Gasteiger partial charge in [0.15, 0.2) is 0 Å². The number of likely N-dealkylation sites (tertiary alicyclic amines) is 2. The van der Waals surface area contributed by atoms with Gasteiger partial charge < -0.3 is 36.1 Å². The van der Waals surface area contributed by atoms with Crippen molar-refractivity contribution in [2.24, 2.45) is 58.0 Å². The number of primary amides is 1. The van der Waals surface area contributed by atoms with E-state index in [4.69, 9.17) is 15.2 Å². The lowest BCUT2D eigenvalue weighted by molar-refractivity contribution is -0.152. The number of allylic oxidation sites excluding steroid dienone is 1. The molecule has 0 radical (unpaired) electrons. The monoisotopic (exact) mass is 965 g/mol. The summed E-state index contributed by atoms with van der Waals surface area (Å²) in [6.07, 6.45) is 14.9. The van der Waals surface area contributed by atoms with Crippen LogP contribution in [0, 0.1) is 52.3 Å². The number of nitrogens with zero attached hydrogens (tertiary/aromatic N) is 2. The van der Waals surface area contributed by atoms with E-state index in [1.54, 1.807) is 20.8 Å². The Bertz CT molecular complexity index is 1930. The number of ether oxygens (including phenoxy) is 2. The van der Waals surface area contributed by atoms with Gasteiger partial charge in [-0.2, -0.15) is 0 Å². The van der Waals surface area contributed by atoms with Gasteiger partial charge in [0.05, 0.1) is 0 Å². The highest BCUT2D eigenvalue weighted by Gasteiger charge is 2.59. The largest absolute Gasteiger partial charge is 0.461 e. The van der Waals surface area contributed by atoms with Gasteiger partial charge in [0, 0.05) is 25.9 Å². The minimum absolute atomic E-state index is 0.0430. The fraction of sp³-hybridized carbons (Fsp3) is 0.833. The highest BCUT2D eigenvalue weighted by Crippen LogP contribution is 2.67. The summed E-state index contributed by atoms with van der Waals surface area (Å²) in [4.78, 5) is 96.5. The van der Waals surface area contributed by atoms with Crippen LogP contribution in [0.1, 0.15) is 178 Å². The van der Waals surface area contributed by atoms with E-state index < -0.39 is 71.4 Å². The first-order valence-corrected chi connectivity index (χ1v) is 26.8. The van der Waals surface area contributed by atoms with Crippen LogP contribution in [0.2, 0.25) is 0 Å². The van der Waals surface area contributed by atoms with E-state index in [0.717, 1.165) is 49.4 Å². The maximum atomic E-state index is 14.3. The van der Waals surface area contributed by atoms with Gasteiger partial charge in [-0.3, -0.25) is 33.7 Å². The summed E-state index contributed by atoms with van der Waals surface area (Å²) in [6, 6.07) is -4.03. The molecule has 4 aliphatic carbocycles. The number of rotatable bonds is 18. The number of hydrogen-bond donors (Lipinski definition) is 4. The molecule has 0 bridgehead atoms. The molecule has 0 aromatic heterocycles. The van der Waals surface area contributed by atoms with Crippen LogP contribution in [-0.2, 0) is 38.2 Å². The van der Waals surface area contributed by atoms with Crippen molar-refractivity contribution in [3.63, 3.8) is 0 Å². The van der Waals surface area contributed by atoms with Crippen molar-refractivity contribution in [1.82, 2.24) is 25.8 Å². The van der Waals surface area contributed by atoms with Crippen molar-refractivity contribution in [3.8, 4) is 0 Å². The third-order valence-electron chi connectivity index (χ3n) is 17.4. The standard InChI is InChI=1S/C54H88N6O9/c1-32(2)15-16-34(5)38-19-20-39-37-18-17-35-30-36(23-25-53(35,9)40(37)24-26-54(38,39)10)68-46(62)31-56-48(64)43-13-11-27-59(43)50(66)42(29-33(3)4)58-47(63)41(21-22-45(55)61)57-49(65)44-14-12-28-60(44)51(67)69-52(6,7)8/h17,32-34,36-44H,11-16,18-31H2,1-10H3,(H2,55,61)(H,56,64)(H,57,65)(H,58,63)/t34-,36-,37+,38-,39+,40+,41+,42+,43+,44+,53+,54-/m1/s1. The summed E-state index contributed by atoms with van der Waals surface area (Å²) in [7, 11) is 0. The first-order valence-electron chi connectivity index (χ1n) is 26.8. The topological polar surface area (TPSA) is 207 Å². The predicted molar refractivity (Wildman–Crippen MR) is 264 cm³/mol. The molecular weight excluding hydrogens is 877 g/mol. The number of nitrogens with two attached hydrogens (primary N) is 1. The van der Waals surface area contributed by atoms with E-state index >= 15 is 0 Å². The number of amides is 6. The lowest BCUT2D eigenvalue weighted by Gasteiger charge is -2.58. The Morgan fingerprint density at radius 3 is 2.12 bits per heavy atom. The smallest absolute Gasteiger partial charge is 0.410 e. The normalized spacial score (nSPS) is 31.1. The molecule has 12 atom stereocenters. The molecule has 6 rings (SSSR count). The Morgan fingerprint density at radius 1 is 0.783 bits per heavy atom. The van der Waals surface area contributed by atoms with Crippen LogP contribution in [0.15, 0.2) is 11.6 Å². The third kappa shape index (κ3) is 12.8. The van der Waals surface area contributed by atoms with Crippen LogP contribution in [-0.4, -0.2) is 107 Å². The molecule has 5 fully saturated rings. The Balaban J connectivity index is 1.02. The molecule has 5 N–H and O–H groups in total. The molecule has 6 amide bonds. The maximum Gasteiger partial charge on any atom is 0.410 e. The lowest BCUT2D eigenvalue weighted by atomic mass is 9.47. The van der Waals surface area contributed by atoms with E-state index in [0.29, 0.717) is 49.5 Å².